The van der Waals surface area contributed by atoms with E-state index in [1.54, 1.807) is 16.2 Å². The second-order valence-electron chi connectivity index (χ2n) is 8.90. The number of carbonyl (C=O) groups excluding carboxylic acids is 2. The molecule has 1 fully saturated rings. The van der Waals surface area contributed by atoms with Gasteiger partial charge >= 0.3 is 0 Å². The Bertz CT molecular complexity index is 1310. The molecule has 33 heavy (non-hydrogen) atoms. The fourth-order valence-corrected chi connectivity index (χ4v) is 6.14. The van der Waals surface area contributed by atoms with Crippen LogP contribution in [0.25, 0.3) is 10.9 Å². The molecule has 6 rings (SSSR count). The van der Waals surface area contributed by atoms with E-state index in [9.17, 15) is 9.59 Å². The number of hydrogen-bond donors (Lipinski definition) is 1. The summed E-state index contributed by atoms with van der Waals surface area (Å²) in [4.78, 5) is 35.5. The third kappa shape index (κ3) is 3.55. The SMILES string of the molecule is O=C1C2Cc3c([nH]c4ccccc34)C(CCc3ccccc3)N2C(=O)CN1Cc1cccs1. The molecule has 2 unspecified atom stereocenters. The predicted molar refractivity (Wildman–Crippen MR) is 130 cm³/mol. The van der Waals surface area contributed by atoms with Gasteiger partial charge in [-0.05, 0) is 41.5 Å². The van der Waals surface area contributed by atoms with Crippen LogP contribution in [0, 0.1) is 0 Å². The number of benzene rings is 2. The highest BCUT2D eigenvalue weighted by atomic mass is 32.1. The third-order valence-electron chi connectivity index (χ3n) is 6.94. The molecule has 2 atom stereocenters. The molecule has 4 heterocycles. The molecule has 6 heteroatoms. The van der Waals surface area contributed by atoms with E-state index in [2.05, 4.69) is 29.2 Å². The molecular formula is C27H25N3O2S. The summed E-state index contributed by atoms with van der Waals surface area (Å²) in [7, 11) is 0. The summed E-state index contributed by atoms with van der Waals surface area (Å²) in [5, 5.41) is 3.17. The fraction of sp³-hybridized carbons (Fsp3) is 0.259. The van der Waals surface area contributed by atoms with Gasteiger partial charge in [-0.15, -0.1) is 11.3 Å². The Labute approximate surface area is 196 Å². The van der Waals surface area contributed by atoms with E-state index in [1.807, 2.05) is 52.7 Å². The second-order valence-corrected chi connectivity index (χ2v) is 9.93. The maximum absolute atomic E-state index is 13.6. The maximum Gasteiger partial charge on any atom is 0.246 e. The number of fused-ring (bicyclic) bond motifs is 4. The zero-order valence-corrected chi connectivity index (χ0v) is 19.1. The van der Waals surface area contributed by atoms with Crippen LogP contribution in [0.15, 0.2) is 72.1 Å². The van der Waals surface area contributed by atoms with Crippen molar-refractivity contribution in [2.45, 2.75) is 37.9 Å². The van der Waals surface area contributed by atoms with Crippen LogP contribution < -0.4 is 0 Å². The molecule has 0 radical (unpaired) electrons. The topological polar surface area (TPSA) is 56.4 Å². The van der Waals surface area contributed by atoms with Gasteiger partial charge < -0.3 is 14.8 Å². The van der Waals surface area contributed by atoms with Crippen LogP contribution in [-0.4, -0.2) is 39.2 Å². The third-order valence-corrected chi connectivity index (χ3v) is 7.80. The zero-order valence-electron chi connectivity index (χ0n) is 18.2. The largest absolute Gasteiger partial charge is 0.356 e. The molecule has 0 spiro atoms. The normalized spacial score (nSPS) is 20.2. The van der Waals surface area contributed by atoms with Gasteiger partial charge in [0.15, 0.2) is 0 Å². The molecule has 0 saturated carbocycles. The van der Waals surface area contributed by atoms with Crippen molar-refractivity contribution in [3.05, 3.63) is 93.8 Å². The summed E-state index contributed by atoms with van der Waals surface area (Å²) in [5.41, 5.74) is 4.59. The van der Waals surface area contributed by atoms with Gasteiger partial charge in [-0.2, -0.15) is 0 Å². The zero-order chi connectivity index (χ0) is 22.4. The van der Waals surface area contributed by atoms with E-state index >= 15 is 0 Å². The fourth-order valence-electron chi connectivity index (χ4n) is 5.42. The van der Waals surface area contributed by atoms with Gasteiger partial charge in [0.1, 0.15) is 12.6 Å². The number of nitrogens with zero attached hydrogens (tertiary/aromatic N) is 2. The molecule has 2 aromatic carbocycles. The summed E-state index contributed by atoms with van der Waals surface area (Å²) in [6.45, 7) is 0.645. The Morgan fingerprint density at radius 3 is 2.61 bits per heavy atom. The molecule has 2 aliphatic rings. The van der Waals surface area contributed by atoms with Gasteiger partial charge in [0.25, 0.3) is 0 Å². The molecule has 2 aliphatic heterocycles. The lowest BCUT2D eigenvalue weighted by atomic mass is 9.87. The molecule has 2 amide bonds. The number of carbonyl (C=O) groups is 2. The number of piperazine rings is 1. The van der Waals surface area contributed by atoms with Gasteiger partial charge in [-0.1, -0.05) is 54.6 Å². The average molecular weight is 456 g/mol. The first kappa shape index (κ1) is 20.2. The van der Waals surface area contributed by atoms with Gasteiger partial charge in [0.2, 0.25) is 11.8 Å². The Morgan fingerprint density at radius 2 is 1.79 bits per heavy atom. The first-order valence-electron chi connectivity index (χ1n) is 11.4. The van der Waals surface area contributed by atoms with Crippen molar-refractivity contribution in [3.8, 4) is 0 Å². The Balaban J connectivity index is 1.38. The summed E-state index contributed by atoms with van der Waals surface area (Å²) in [6, 6.07) is 22.1. The first-order valence-corrected chi connectivity index (χ1v) is 12.3. The number of aromatic nitrogens is 1. The minimum atomic E-state index is -0.446. The smallest absolute Gasteiger partial charge is 0.246 e. The lowest BCUT2D eigenvalue weighted by Crippen LogP contribution is -2.62. The van der Waals surface area contributed by atoms with Crippen molar-refractivity contribution in [1.82, 2.24) is 14.8 Å². The minimum Gasteiger partial charge on any atom is -0.356 e. The van der Waals surface area contributed by atoms with Crippen molar-refractivity contribution >= 4 is 34.1 Å². The van der Waals surface area contributed by atoms with Crippen LogP contribution in [-0.2, 0) is 29.0 Å². The molecule has 166 valence electrons. The molecule has 0 bridgehead atoms. The highest BCUT2D eigenvalue weighted by Crippen LogP contribution is 2.41. The van der Waals surface area contributed by atoms with Gasteiger partial charge in [0.05, 0.1) is 12.6 Å². The number of amides is 2. The van der Waals surface area contributed by atoms with E-state index in [0.29, 0.717) is 13.0 Å². The average Bonchev–Trinajstić information content (AvgIpc) is 3.48. The lowest BCUT2D eigenvalue weighted by Gasteiger charge is -2.47. The van der Waals surface area contributed by atoms with Gasteiger partial charge in [0, 0.05) is 27.9 Å². The molecule has 1 N–H and O–H groups in total. The number of aromatic amines is 1. The Morgan fingerprint density at radius 1 is 0.970 bits per heavy atom. The number of thiophene rings is 1. The summed E-state index contributed by atoms with van der Waals surface area (Å²) < 4.78 is 0. The molecule has 0 aliphatic carbocycles. The second kappa shape index (κ2) is 8.19. The van der Waals surface area contributed by atoms with E-state index < -0.39 is 6.04 Å². The summed E-state index contributed by atoms with van der Waals surface area (Å²) in [5.74, 6) is 0.0992. The van der Waals surface area contributed by atoms with Crippen LogP contribution >= 0.6 is 11.3 Å². The standard InChI is InChI=1S/C27H25N3O2S/c31-25-17-29(16-19-9-6-14-33-19)27(32)24-15-21-20-10-4-5-11-22(20)28-26(21)23(30(24)25)13-12-18-7-2-1-3-8-18/h1-11,14,23-24,28H,12-13,15-17H2. The van der Waals surface area contributed by atoms with E-state index in [4.69, 9.17) is 0 Å². The van der Waals surface area contributed by atoms with E-state index in [1.165, 1.54) is 11.1 Å². The number of para-hydroxylation sites is 1. The number of H-pyrrole nitrogens is 1. The monoisotopic (exact) mass is 455 g/mol. The number of hydrogen-bond acceptors (Lipinski definition) is 3. The molecule has 5 nitrogen and oxygen atoms in total. The number of nitrogens with one attached hydrogen (secondary N) is 1. The van der Waals surface area contributed by atoms with E-state index in [0.717, 1.165) is 34.3 Å². The number of aryl methyl sites for hydroxylation is 1. The Hall–Kier alpha value is -3.38. The molecule has 2 aromatic heterocycles. The van der Waals surface area contributed by atoms with Crippen molar-refractivity contribution < 1.29 is 9.59 Å². The van der Waals surface area contributed by atoms with E-state index in [-0.39, 0.29) is 24.4 Å². The van der Waals surface area contributed by atoms with Crippen LogP contribution in [0.4, 0.5) is 0 Å². The van der Waals surface area contributed by atoms with Crippen molar-refractivity contribution in [3.63, 3.8) is 0 Å². The summed E-state index contributed by atoms with van der Waals surface area (Å²) in [6.07, 6.45) is 2.20. The van der Waals surface area contributed by atoms with Crippen molar-refractivity contribution in [2.24, 2.45) is 0 Å². The van der Waals surface area contributed by atoms with Crippen molar-refractivity contribution in [2.75, 3.05) is 6.54 Å². The van der Waals surface area contributed by atoms with Crippen LogP contribution in [0.5, 0.6) is 0 Å². The Kier molecular flexibility index (Phi) is 5.03. The molecule has 4 aromatic rings. The highest BCUT2D eigenvalue weighted by Gasteiger charge is 2.47. The lowest BCUT2D eigenvalue weighted by molar-refractivity contribution is -0.160. The van der Waals surface area contributed by atoms with Crippen LogP contribution in [0.2, 0.25) is 0 Å². The quantitative estimate of drug-likeness (QED) is 0.474. The first-order chi connectivity index (χ1) is 16.2. The minimum absolute atomic E-state index is 0.0403. The van der Waals surface area contributed by atoms with Gasteiger partial charge in [-0.25, -0.2) is 0 Å². The van der Waals surface area contributed by atoms with Crippen LogP contribution in [0.1, 0.15) is 34.2 Å². The van der Waals surface area contributed by atoms with Crippen LogP contribution in [0.3, 0.4) is 0 Å². The summed E-state index contributed by atoms with van der Waals surface area (Å²) >= 11 is 1.62. The predicted octanol–water partition coefficient (Wildman–Crippen LogP) is 4.70. The highest BCUT2D eigenvalue weighted by molar-refractivity contribution is 7.09. The molecular weight excluding hydrogens is 430 g/mol. The van der Waals surface area contributed by atoms with Gasteiger partial charge in [-0.3, -0.25) is 9.59 Å². The van der Waals surface area contributed by atoms with Crippen molar-refractivity contribution in [1.29, 1.82) is 0 Å². The molecule has 1 saturated heterocycles. The maximum atomic E-state index is 13.6. The number of rotatable bonds is 5.